The van der Waals surface area contributed by atoms with Gasteiger partial charge in [-0.25, -0.2) is 0 Å². The molecule has 3 atom stereocenters. The van der Waals surface area contributed by atoms with Gasteiger partial charge in [-0.15, -0.1) is 0 Å². The summed E-state index contributed by atoms with van der Waals surface area (Å²) in [6.45, 7) is 10.4. The molecule has 0 saturated carbocycles. The maximum Gasteiger partial charge on any atom is 0.251 e. The molecule has 1 aliphatic heterocycles. The lowest BCUT2D eigenvalue weighted by Crippen LogP contribution is -2.41. The van der Waals surface area contributed by atoms with Crippen LogP contribution in [0, 0.1) is 0 Å². The van der Waals surface area contributed by atoms with Gasteiger partial charge in [0.1, 0.15) is 0 Å². The van der Waals surface area contributed by atoms with E-state index in [9.17, 15) is 24.5 Å². The molecule has 1 heterocycles. The first-order chi connectivity index (χ1) is 15.0. The Kier molecular flexibility index (Phi) is 10.7. The number of amides is 1. The summed E-state index contributed by atoms with van der Waals surface area (Å²) in [5.41, 5.74) is 1.33. The molecule has 1 amide bonds. The number of aliphatic hydroxyl groups excluding tert-OH is 2. The Balaban J connectivity index is 2.00. The van der Waals surface area contributed by atoms with Gasteiger partial charge in [0.05, 0.1) is 18.5 Å². The van der Waals surface area contributed by atoms with Gasteiger partial charge in [-0.1, -0.05) is 12.1 Å². The SMILES string of the molecule is C[C@H](O)CN1CCN(Cc2ccc(C(=O)NCP(=O)([O-])O)cc2)CCN(C[C@H](C)O)CC1. The van der Waals surface area contributed by atoms with E-state index in [1.54, 1.807) is 26.0 Å². The van der Waals surface area contributed by atoms with Crippen LogP contribution in [0.5, 0.6) is 0 Å². The summed E-state index contributed by atoms with van der Waals surface area (Å²) in [6.07, 6.45) is -1.61. The molecule has 1 aromatic rings. The molecule has 0 radical (unpaired) electrons. The zero-order chi connectivity index (χ0) is 23.7. The lowest BCUT2D eigenvalue weighted by molar-refractivity contribution is -0.193. The van der Waals surface area contributed by atoms with Crippen molar-refractivity contribution in [1.82, 2.24) is 20.0 Å². The van der Waals surface area contributed by atoms with Crippen LogP contribution < -0.4 is 10.2 Å². The van der Waals surface area contributed by atoms with Crippen molar-refractivity contribution in [2.24, 2.45) is 0 Å². The molecule has 0 aliphatic carbocycles. The fourth-order valence-electron chi connectivity index (χ4n) is 3.75. The highest BCUT2D eigenvalue weighted by Gasteiger charge is 2.18. The lowest BCUT2D eigenvalue weighted by Gasteiger charge is -2.27. The van der Waals surface area contributed by atoms with Crippen LogP contribution in [0.3, 0.4) is 0 Å². The third-order valence-electron chi connectivity index (χ3n) is 5.30. The van der Waals surface area contributed by atoms with E-state index in [0.717, 1.165) is 44.8 Å². The molecule has 4 N–H and O–H groups in total. The molecular formula is C21H36N4O6P-. The van der Waals surface area contributed by atoms with Crippen LogP contribution in [0.2, 0.25) is 0 Å². The Morgan fingerprint density at radius 3 is 1.81 bits per heavy atom. The zero-order valence-corrected chi connectivity index (χ0v) is 19.8. The quantitative estimate of drug-likeness (QED) is 0.337. The van der Waals surface area contributed by atoms with Crippen molar-refractivity contribution in [2.45, 2.75) is 32.6 Å². The summed E-state index contributed by atoms with van der Waals surface area (Å²) < 4.78 is 10.8. The summed E-state index contributed by atoms with van der Waals surface area (Å²) in [7, 11) is -4.54. The molecule has 0 aromatic heterocycles. The van der Waals surface area contributed by atoms with Gasteiger partial charge < -0.3 is 29.9 Å². The minimum atomic E-state index is -4.54. The van der Waals surface area contributed by atoms with Crippen LogP contribution in [-0.4, -0.2) is 107 Å². The van der Waals surface area contributed by atoms with Gasteiger partial charge in [0.15, 0.2) is 7.60 Å². The fraction of sp³-hybridized carbons (Fsp3) is 0.667. The predicted octanol–water partition coefficient (Wildman–Crippen LogP) is -0.899. The number of benzene rings is 1. The molecular weight excluding hydrogens is 435 g/mol. The Labute approximate surface area is 190 Å². The molecule has 10 nitrogen and oxygen atoms in total. The van der Waals surface area contributed by atoms with Crippen molar-refractivity contribution < 1.29 is 29.4 Å². The van der Waals surface area contributed by atoms with E-state index in [1.165, 1.54) is 0 Å². The third-order valence-corrected chi connectivity index (χ3v) is 5.86. The summed E-state index contributed by atoms with van der Waals surface area (Å²) in [5.74, 6) is -0.563. The fourth-order valence-corrected chi connectivity index (χ4v) is 4.09. The minimum Gasteiger partial charge on any atom is -0.777 e. The Morgan fingerprint density at radius 1 is 0.969 bits per heavy atom. The number of nitrogens with one attached hydrogen (secondary N) is 1. The van der Waals surface area contributed by atoms with Crippen LogP contribution >= 0.6 is 7.60 Å². The van der Waals surface area contributed by atoms with Crippen molar-refractivity contribution in [3.8, 4) is 0 Å². The molecule has 32 heavy (non-hydrogen) atoms. The van der Waals surface area contributed by atoms with Gasteiger partial charge in [0.2, 0.25) is 0 Å². The smallest absolute Gasteiger partial charge is 0.251 e. The van der Waals surface area contributed by atoms with Gasteiger partial charge in [0, 0.05) is 64.5 Å². The second kappa shape index (κ2) is 12.8. The zero-order valence-electron chi connectivity index (χ0n) is 18.9. The minimum absolute atomic E-state index is 0.317. The molecule has 1 aromatic carbocycles. The van der Waals surface area contributed by atoms with Crippen LogP contribution in [0.1, 0.15) is 29.8 Å². The summed E-state index contributed by atoms with van der Waals surface area (Å²) in [4.78, 5) is 38.4. The molecule has 0 spiro atoms. The molecule has 1 unspecified atom stereocenters. The molecule has 182 valence electrons. The number of aliphatic hydroxyl groups is 2. The molecule has 1 fully saturated rings. The number of carbonyl (C=O) groups is 1. The number of hydrogen-bond acceptors (Lipinski definition) is 8. The average molecular weight is 472 g/mol. The summed E-state index contributed by atoms with van der Waals surface area (Å²) in [5, 5.41) is 21.8. The average Bonchev–Trinajstić information content (AvgIpc) is 2.78. The topological polar surface area (TPSA) is 140 Å². The number of β-amino-alcohol motifs (C(OH)–C–C–N with tert-alkyl or cyclic N) is 2. The van der Waals surface area contributed by atoms with Crippen LogP contribution in [0.15, 0.2) is 24.3 Å². The normalized spacial score (nSPS) is 21.1. The number of hydrogen-bond donors (Lipinski definition) is 4. The lowest BCUT2D eigenvalue weighted by atomic mass is 10.1. The standard InChI is InChI=1S/C21H37N4O6P/c1-17(26)13-23-7-8-24(14-18(2)27)10-12-25(11-9-23)15-19-3-5-20(6-4-19)21(28)22-16-32(29,30)31/h3-6,17-18,26-27H,7-16H2,1-2H3,(H,22,28)(H2,29,30,31)/p-1/t17-,18-/m0/s1. The van der Waals surface area contributed by atoms with Crippen molar-refractivity contribution in [3.05, 3.63) is 35.4 Å². The van der Waals surface area contributed by atoms with Crippen LogP contribution in [0.25, 0.3) is 0 Å². The molecule has 1 saturated heterocycles. The van der Waals surface area contributed by atoms with Gasteiger partial charge in [-0.2, -0.15) is 0 Å². The van der Waals surface area contributed by atoms with Crippen LogP contribution in [0.4, 0.5) is 0 Å². The number of rotatable bonds is 9. The molecule has 0 bridgehead atoms. The number of nitrogens with zero attached hydrogens (tertiary/aromatic N) is 3. The molecule has 1 aliphatic rings. The van der Waals surface area contributed by atoms with Gasteiger partial charge in [0.25, 0.3) is 5.91 Å². The molecule has 11 heteroatoms. The second-order valence-electron chi connectivity index (χ2n) is 8.57. The van der Waals surface area contributed by atoms with E-state index in [4.69, 9.17) is 4.89 Å². The predicted molar refractivity (Wildman–Crippen MR) is 120 cm³/mol. The van der Waals surface area contributed by atoms with Crippen molar-refractivity contribution in [3.63, 3.8) is 0 Å². The third kappa shape index (κ3) is 10.5. The highest BCUT2D eigenvalue weighted by molar-refractivity contribution is 7.50. The highest BCUT2D eigenvalue weighted by Crippen LogP contribution is 2.26. The first-order valence-electron chi connectivity index (χ1n) is 10.9. The van der Waals surface area contributed by atoms with Crippen molar-refractivity contribution in [2.75, 3.05) is 58.6 Å². The van der Waals surface area contributed by atoms with Gasteiger partial charge >= 0.3 is 0 Å². The first-order valence-corrected chi connectivity index (χ1v) is 12.7. The monoisotopic (exact) mass is 471 g/mol. The van der Waals surface area contributed by atoms with E-state index in [2.05, 4.69) is 20.0 Å². The van der Waals surface area contributed by atoms with E-state index in [0.29, 0.717) is 25.2 Å². The van der Waals surface area contributed by atoms with E-state index < -0.39 is 32.0 Å². The Bertz CT molecular complexity index is 733. The first kappa shape index (κ1) is 26.9. The van der Waals surface area contributed by atoms with Gasteiger partial charge in [-0.05, 0) is 31.5 Å². The second-order valence-corrected chi connectivity index (χ2v) is 10.2. The Hall–Kier alpha value is -1.36. The van der Waals surface area contributed by atoms with Crippen molar-refractivity contribution >= 4 is 13.5 Å². The molecule has 2 rings (SSSR count). The maximum absolute atomic E-state index is 12.0. The van der Waals surface area contributed by atoms with Gasteiger partial charge in [-0.3, -0.25) is 19.5 Å². The largest absolute Gasteiger partial charge is 0.777 e. The van der Waals surface area contributed by atoms with E-state index >= 15 is 0 Å². The highest BCUT2D eigenvalue weighted by atomic mass is 31.2. The summed E-state index contributed by atoms with van der Waals surface area (Å²) in [6, 6.07) is 6.93. The maximum atomic E-state index is 12.0. The Morgan fingerprint density at radius 2 is 1.41 bits per heavy atom. The van der Waals surface area contributed by atoms with Crippen LogP contribution in [-0.2, 0) is 11.1 Å². The summed E-state index contributed by atoms with van der Waals surface area (Å²) >= 11 is 0. The van der Waals surface area contributed by atoms with Crippen molar-refractivity contribution in [1.29, 1.82) is 0 Å². The van der Waals surface area contributed by atoms with E-state index in [1.807, 2.05) is 12.1 Å². The number of carbonyl (C=O) groups excluding carboxylic acids is 1. The van der Waals surface area contributed by atoms with E-state index in [-0.39, 0.29) is 0 Å².